The average Bonchev–Trinajstić information content (AvgIpc) is 3.16. The highest BCUT2D eigenvalue weighted by atomic mass is 127. The summed E-state index contributed by atoms with van der Waals surface area (Å²) in [6, 6.07) is 5.22. The number of imidazole rings is 1. The van der Waals surface area contributed by atoms with Crippen LogP contribution < -0.4 is 10.6 Å². The largest absolute Gasteiger partial charge is 0.416 e. The zero-order valence-electron chi connectivity index (χ0n) is 13.7. The van der Waals surface area contributed by atoms with Gasteiger partial charge in [0, 0.05) is 31.4 Å². The predicted molar refractivity (Wildman–Crippen MR) is 107 cm³/mol. The molecule has 0 unspecified atom stereocenters. The summed E-state index contributed by atoms with van der Waals surface area (Å²) in [5, 5.41) is 8.05. The van der Waals surface area contributed by atoms with Gasteiger partial charge >= 0.3 is 6.18 Å². The predicted octanol–water partition coefficient (Wildman–Crippen LogP) is 3.90. The number of aromatic nitrogens is 2. The number of guanidine groups is 1. The Balaban J connectivity index is 0.00000243. The molecule has 3 rings (SSSR count). The summed E-state index contributed by atoms with van der Waals surface area (Å²) in [5.74, 6) is 0.494. The molecule has 0 bridgehead atoms. The number of thiazole rings is 1. The van der Waals surface area contributed by atoms with E-state index in [1.165, 1.54) is 6.07 Å². The Morgan fingerprint density at radius 3 is 2.73 bits per heavy atom. The van der Waals surface area contributed by atoms with E-state index >= 15 is 0 Å². The molecule has 0 aliphatic rings. The Labute approximate surface area is 169 Å². The third-order valence-electron chi connectivity index (χ3n) is 3.52. The van der Waals surface area contributed by atoms with Crippen molar-refractivity contribution in [2.45, 2.75) is 19.3 Å². The Morgan fingerprint density at radius 1 is 1.27 bits per heavy atom. The monoisotopic (exact) mass is 495 g/mol. The first-order chi connectivity index (χ1) is 12.0. The van der Waals surface area contributed by atoms with Crippen LogP contribution in [0.25, 0.3) is 4.96 Å². The van der Waals surface area contributed by atoms with Crippen LogP contribution in [0.4, 0.5) is 13.2 Å². The summed E-state index contributed by atoms with van der Waals surface area (Å²) in [4.78, 5) is 9.42. The summed E-state index contributed by atoms with van der Waals surface area (Å²) >= 11 is 1.55. The van der Waals surface area contributed by atoms with Crippen molar-refractivity contribution in [1.82, 2.24) is 20.0 Å². The molecule has 0 atom stereocenters. The number of nitrogens with one attached hydrogen (secondary N) is 2. The zero-order chi connectivity index (χ0) is 17.9. The molecule has 0 radical (unpaired) electrons. The summed E-state index contributed by atoms with van der Waals surface area (Å²) in [5.41, 5.74) is 0.724. The fourth-order valence-corrected chi connectivity index (χ4v) is 3.02. The number of fused-ring (bicyclic) bond motifs is 1. The Morgan fingerprint density at radius 2 is 2.04 bits per heavy atom. The van der Waals surface area contributed by atoms with E-state index in [1.54, 1.807) is 24.5 Å². The smallest absolute Gasteiger partial charge is 0.352 e. The summed E-state index contributed by atoms with van der Waals surface area (Å²) in [6.45, 7) is 0.707. The highest BCUT2D eigenvalue weighted by Gasteiger charge is 2.30. The number of alkyl halides is 3. The number of hydrogen-bond acceptors (Lipinski definition) is 3. The lowest BCUT2D eigenvalue weighted by molar-refractivity contribution is -0.137. The van der Waals surface area contributed by atoms with E-state index in [4.69, 9.17) is 0 Å². The van der Waals surface area contributed by atoms with Crippen LogP contribution in [0.2, 0.25) is 0 Å². The van der Waals surface area contributed by atoms with Crippen molar-refractivity contribution in [1.29, 1.82) is 0 Å². The minimum absolute atomic E-state index is 0. The highest BCUT2D eigenvalue weighted by Crippen LogP contribution is 2.29. The molecular formula is C16H17F3IN5S. The van der Waals surface area contributed by atoms with Crippen LogP contribution in [-0.2, 0) is 19.3 Å². The molecule has 5 nitrogen and oxygen atoms in total. The van der Waals surface area contributed by atoms with Gasteiger partial charge in [-0.3, -0.25) is 9.39 Å². The van der Waals surface area contributed by atoms with E-state index in [9.17, 15) is 13.2 Å². The van der Waals surface area contributed by atoms with Crippen molar-refractivity contribution >= 4 is 46.2 Å². The van der Waals surface area contributed by atoms with Crippen molar-refractivity contribution in [3.05, 3.63) is 58.9 Å². The molecule has 0 saturated heterocycles. The highest BCUT2D eigenvalue weighted by molar-refractivity contribution is 14.0. The van der Waals surface area contributed by atoms with Crippen molar-refractivity contribution in [2.75, 3.05) is 7.05 Å². The van der Waals surface area contributed by atoms with Crippen LogP contribution in [0, 0.1) is 0 Å². The van der Waals surface area contributed by atoms with Gasteiger partial charge in [-0.1, -0.05) is 12.1 Å². The van der Waals surface area contributed by atoms with E-state index in [0.717, 1.165) is 22.8 Å². The second kappa shape index (κ2) is 8.71. The van der Waals surface area contributed by atoms with E-state index in [-0.39, 0.29) is 30.5 Å². The minimum atomic E-state index is -4.34. The summed E-state index contributed by atoms with van der Waals surface area (Å²) in [6.07, 6.45) is -0.500. The fourth-order valence-electron chi connectivity index (χ4n) is 2.30. The molecular weight excluding hydrogens is 478 g/mol. The molecule has 2 N–H and O–H groups in total. The summed E-state index contributed by atoms with van der Waals surface area (Å²) < 4.78 is 40.1. The third kappa shape index (κ3) is 5.10. The molecule has 0 amide bonds. The molecule has 0 saturated carbocycles. The van der Waals surface area contributed by atoms with Gasteiger partial charge in [0.05, 0.1) is 17.8 Å². The van der Waals surface area contributed by atoms with Crippen molar-refractivity contribution in [3.8, 4) is 0 Å². The van der Waals surface area contributed by atoms with Gasteiger partial charge in [0.15, 0.2) is 10.9 Å². The maximum Gasteiger partial charge on any atom is 0.416 e. The van der Waals surface area contributed by atoms with Crippen LogP contribution in [-0.4, -0.2) is 22.4 Å². The SMILES string of the molecule is CN=C(NCc1cccc(C(F)(F)F)c1)NCc1cn2ccsc2n1.I. The van der Waals surface area contributed by atoms with Gasteiger partial charge in [0.2, 0.25) is 0 Å². The lowest BCUT2D eigenvalue weighted by Gasteiger charge is -2.12. The average molecular weight is 495 g/mol. The van der Waals surface area contributed by atoms with Crippen LogP contribution in [0.3, 0.4) is 0 Å². The molecule has 140 valence electrons. The lowest BCUT2D eigenvalue weighted by Crippen LogP contribution is -2.36. The van der Waals surface area contributed by atoms with Gasteiger partial charge in [0.25, 0.3) is 0 Å². The first kappa shape index (κ1) is 20.5. The Kier molecular flexibility index (Phi) is 6.87. The molecule has 0 aliphatic carbocycles. The molecule has 1 aromatic carbocycles. The third-order valence-corrected chi connectivity index (χ3v) is 4.29. The molecule has 0 spiro atoms. The van der Waals surface area contributed by atoms with Crippen molar-refractivity contribution < 1.29 is 13.2 Å². The number of benzene rings is 1. The molecule has 2 aromatic heterocycles. The number of aliphatic imine (C=N–C) groups is 1. The minimum Gasteiger partial charge on any atom is -0.352 e. The van der Waals surface area contributed by atoms with Crippen molar-refractivity contribution in [3.63, 3.8) is 0 Å². The summed E-state index contributed by atoms with van der Waals surface area (Å²) in [7, 11) is 1.60. The van der Waals surface area contributed by atoms with Crippen molar-refractivity contribution in [2.24, 2.45) is 4.99 Å². The molecule has 0 aliphatic heterocycles. The number of rotatable bonds is 4. The van der Waals surface area contributed by atoms with Crippen LogP contribution in [0.1, 0.15) is 16.8 Å². The first-order valence-corrected chi connectivity index (χ1v) is 8.35. The Bertz CT molecular complexity index is 859. The number of halogens is 4. The number of nitrogens with zero attached hydrogens (tertiary/aromatic N) is 3. The van der Waals surface area contributed by atoms with Gasteiger partial charge in [0.1, 0.15) is 0 Å². The van der Waals surface area contributed by atoms with Crippen LogP contribution >= 0.6 is 35.3 Å². The standard InChI is InChI=1S/C16H16F3N5S.HI/c1-20-14(22-9-13-10-24-5-6-25-15(24)23-13)21-8-11-3-2-4-12(7-11)16(17,18)19;/h2-7,10H,8-9H2,1H3,(H2,20,21,22);1H. The zero-order valence-corrected chi connectivity index (χ0v) is 16.9. The van der Waals surface area contributed by atoms with Gasteiger partial charge in [-0.15, -0.1) is 35.3 Å². The second-order valence-corrected chi connectivity index (χ2v) is 6.18. The molecule has 3 aromatic rings. The molecule has 0 fully saturated rings. The van der Waals surface area contributed by atoms with Crippen LogP contribution in [0.5, 0.6) is 0 Å². The number of hydrogen-bond donors (Lipinski definition) is 2. The molecule has 10 heteroatoms. The fraction of sp³-hybridized carbons (Fsp3) is 0.250. The van der Waals surface area contributed by atoms with E-state index < -0.39 is 11.7 Å². The maximum absolute atomic E-state index is 12.7. The normalized spacial score (nSPS) is 12.1. The second-order valence-electron chi connectivity index (χ2n) is 5.30. The quantitative estimate of drug-likeness (QED) is 0.328. The Hall–Kier alpha value is -1.82. The van der Waals surface area contributed by atoms with Gasteiger partial charge in [-0.05, 0) is 17.7 Å². The topological polar surface area (TPSA) is 53.7 Å². The maximum atomic E-state index is 12.7. The van der Waals surface area contributed by atoms with Crippen LogP contribution in [0.15, 0.2) is 47.0 Å². The molecule has 2 heterocycles. The van der Waals surface area contributed by atoms with Gasteiger partial charge in [-0.2, -0.15) is 13.2 Å². The van der Waals surface area contributed by atoms with E-state index in [2.05, 4.69) is 20.6 Å². The first-order valence-electron chi connectivity index (χ1n) is 7.47. The van der Waals surface area contributed by atoms with Gasteiger partial charge < -0.3 is 10.6 Å². The van der Waals surface area contributed by atoms with Gasteiger partial charge in [-0.25, -0.2) is 4.98 Å². The van der Waals surface area contributed by atoms with E-state index in [1.807, 2.05) is 22.2 Å². The van der Waals surface area contributed by atoms with E-state index in [0.29, 0.717) is 18.1 Å². The molecule has 26 heavy (non-hydrogen) atoms. The lowest BCUT2D eigenvalue weighted by atomic mass is 10.1.